The van der Waals surface area contributed by atoms with Crippen molar-refractivity contribution in [2.75, 3.05) is 18.5 Å². The molecule has 3 heterocycles. The molecule has 7 heteroatoms. The number of hydrogen-bond acceptors (Lipinski definition) is 7. The van der Waals surface area contributed by atoms with Crippen molar-refractivity contribution in [3.05, 3.63) is 18.3 Å². The molecule has 3 rings (SSSR count). The average molecular weight is 261 g/mol. The maximum absolute atomic E-state index is 5.57. The molecule has 1 atom stereocenters. The number of nitrogens with zero attached hydrogens (tertiary/aromatic N) is 4. The molecule has 2 aromatic rings. The van der Waals surface area contributed by atoms with E-state index in [-0.39, 0.29) is 6.10 Å². The Hall–Kier alpha value is -2.02. The number of aryl methyl sites for hydroxylation is 1. The van der Waals surface area contributed by atoms with Gasteiger partial charge in [-0.15, -0.1) is 0 Å². The standard InChI is InChI=1S/C12H15N5O2/c1-8-16-12(19-17-8)10-6-13-7-15-11(10)14-5-9-3-2-4-18-9/h6-7,9H,2-5H2,1H3,(H,13,14,15)/t9-/m0/s1. The van der Waals surface area contributed by atoms with E-state index in [0.29, 0.717) is 23.1 Å². The highest BCUT2D eigenvalue weighted by molar-refractivity contribution is 5.67. The van der Waals surface area contributed by atoms with Crippen LogP contribution >= 0.6 is 0 Å². The van der Waals surface area contributed by atoms with E-state index in [1.165, 1.54) is 6.33 Å². The number of aromatic nitrogens is 4. The van der Waals surface area contributed by atoms with E-state index >= 15 is 0 Å². The quantitative estimate of drug-likeness (QED) is 0.890. The van der Waals surface area contributed by atoms with Gasteiger partial charge in [-0.2, -0.15) is 4.98 Å². The first-order valence-corrected chi connectivity index (χ1v) is 6.29. The van der Waals surface area contributed by atoms with E-state index < -0.39 is 0 Å². The smallest absolute Gasteiger partial charge is 0.263 e. The maximum atomic E-state index is 5.57. The fourth-order valence-electron chi connectivity index (χ4n) is 2.05. The van der Waals surface area contributed by atoms with Crippen LogP contribution < -0.4 is 5.32 Å². The van der Waals surface area contributed by atoms with Crippen molar-refractivity contribution in [2.45, 2.75) is 25.9 Å². The zero-order chi connectivity index (χ0) is 13.1. The molecule has 1 aliphatic heterocycles. The molecule has 0 aromatic carbocycles. The van der Waals surface area contributed by atoms with Crippen LogP contribution in [0.25, 0.3) is 11.5 Å². The molecule has 0 bridgehead atoms. The minimum Gasteiger partial charge on any atom is -0.376 e. The summed E-state index contributed by atoms with van der Waals surface area (Å²) < 4.78 is 10.7. The summed E-state index contributed by atoms with van der Waals surface area (Å²) in [4.78, 5) is 12.4. The average Bonchev–Trinajstić information content (AvgIpc) is 3.08. The van der Waals surface area contributed by atoms with Crippen molar-refractivity contribution in [3.8, 4) is 11.5 Å². The SMILES string of the molecule is Cc1noc(-c2cncnc2NC[C@@H]2CCCO2)n1. The largest absolute Gasteiger partial charge is 0.376 e. The number of anilines is 1. The minimum absolute atomic E-state index is 0.243. The summed E-state index contributed by atoms with van der Waals surface area (Å²) in [6.07, 6.45) is 5.59. The Kier molecular flexibility index (Phi) is 3.37. The van der Waals surface area contributed by atoms with Crippen LogP contribution in [0.2, 0.25) is 0 Å². The third-order valence-corrected chi connectivity index (χ3v) is 2.99. The Morgan fingerprint density at radius 1 is 1.47 bits per heavy atom. The van der Waals surface area contributed by atoms with Crippen LogP contribution in [0, 0.1) is 6.92 Å². The summed E-state index contributed by atoms with van der Waals surface area (Å²) in [5.74, 6) is 1.70. The predicted molar refractivity (Wildman–Crippen MR) is 67.5 cm³/mol. The lowest BCUT2D eigenvalue weighted by atomic mass is 10.2. The van der Waals surface area contributed by atoms with Crippen molar-refractivity contribution in [1.29, 1.82) is 0 Å². The summed E-state index contributed by atoms with van der Waals surface area (Å²) in [6, 6.07) is 0. The first-order chi connectivity index (χ1) is 9.33. The molecular weight excluding hydrogens is 246 g/mol. The normalized spacial score (nSPS) is 18.7. The predicted octanol–water partition coefficient (Wildman–Crippen LogP) is 1.43. The van der Waals surface area contributed by atoms with Gasteiger partial charge in [0.25, 0.3) is 5.89 Å². The third kappa shape index (κ3) is 2.70. The number of hydrogen-bond donors (Lipinski definition) is 1. The van der Waals surface area contributed by atoms with E-state index in [9.17, 15) is 0 Å². The van der Waals surface area contributed by atoms with Gasteiger partial charge < -0.3 is 14.6 Å². The summed E-state index contributed by atoms with van der Waals surface area (Å²) in [5, 5.41) is 7.04. The minimum atomic E-state index is 0.243. The highest BCUT2D eigenvalue weighted by atomic mass is 16.5. The van der Waals surface area contributed by atoms with E-state index in [0.717, 1.165) is 26.0 Å². The second kappa shape index (κ2) is 5.31. The van der Waals surface area contributed by atoms with Gasteiger partial charge in [0, 0.05) is 19.3 Å². The van der Waals surface area contributed by atoms with Crippen molar-refractivity contribution < 1.29 is 9.26 Å². The summed E-state index contributed by atoms with van der Waals surface area (Å²) in [7, 11) is 0. The molecule has 0 amide bonds. The first kappa shape index (κ1) is 12.0. The van der Waals surface area contributed by atoms with Gasteiger partial charge in [0.1, 0.15) is 17.7 Å². The number of rotatable bonds is 4. The Balaban J connectivity index is 1.77. The van der Waals surface area contributed by atoms with Gasteiger partial charge in [-0.25, -0.2) is 9.97 Å². The molecule has 2 aromatic heterocycles. The summed E-state index contributed by atoms with van der Waals surface area (Å²) >= 11 is 0. The van der Waals surface area contributed by atoms with Crippen LogP contribution in [0.5, 0.6) is 0 Å². The lowest BCUT2D eigenvalue weighted by Gasteiger charge is -2.12. The Morgan fingerprint density at radius 2 is 2.42 bits per heavy atom. The highest BCUT2D eigenvalue weighted by Gasteiger charge is 2.17. The Bertz CT molecular complexity index is 551. The Labute approximate surface area is 110 Å². The second-order valence-corrected chi connectivity index (χ2v) is 4.45. The Morgan fingerprint density at radius 3 is 3.16 bits per heavy atom. The van der Waals surface area contributed by atoms with Gasteiger partial charge >= 0.3 is 0 Å². The fourth-order valence-corrected chi connectivity index (χ4v) is 2.05. The van der Waals surface area contributed by atoms with Gasteiger partial charge in [-0.1, -0.05) is 5.16 Å². The van der Waals surface area contributed by atoms with Gasteiger partial charge in [0.15, 0.2) is 5.82 Å². The lowest BCUT2D eigenvalue weighted by molar-refractivity contribution is 0.120. The van der Waals surface area contributed by atoms with Crippen LogP contribution in [0.15, 0.2) is 17.0 Å². The van der Waals surface area contributed by atoms with Crippen molar-refractivity contribution in [3.63, 3.8) is 0 Å². The van der Waals surface area contributed by atoms with Gasteiger partial charge in [0.2, 0.25) is 0 Å². The highest BCUT2D eigenvalue weighted by Crippen LogP contribution is 2.23. The first-order valence-electron chi connectivity index (χ1n) is 6.29. The van der Waals surface area contributed by atoms with E-state index in [1.807, 2.05) is 0 Å². The van der Waals surface area contributed by atoms with Gasteiger partial charge in [-0.05, 0) is 19.8 Å². The maximum Gasteiger partial charge on any atom is 0.263 e. The molecule has 1 fully saturated rings. The molecule has 19 heavy (non-hydrogen) atoms. The van der Waals surface area contributed by atoms with E-state index in [1.54, 1.807) is 13.1 Å². The van der Waals surface area contributed by atoms with Crippen LogP contribution in [0.1, 0.15) is 18.7 Å². The molecule has 1 N–H and O–H groups in total. The molecule has 0 unspecified atom stereocenters. The van der Waals surface area contributed by atoms with Crippen LogP contribution in [0.3, 0.4) is 0 Å². The number of nitrogens with one attached hydrogen (secondary N) is 1. The van der Waals surface area contributed by atoms with Gasteiger partial charge in [0.05, 0.1) is 6.10 Å². The third-order valence-electron chi connectivity index (χ3n) is 2.99. The molecule has 0 spiro atoms. The van der Waals surface area contributed by atoms with Crippen LogP contribution in [-0.4, -0.2) is 39.4 Å². The fraction of sp³-hybridized carbons (Fsp3) is 0.500. The van der Waals surface area contributed by atoms with Crippen molar-refractivity contribution in [2.24, 2.45) is 0 Å². The van der Waals surface area contributed by atoms with Crippen LogP contribution in [-0.2, 0) is 4.74 Å². The van der Waals surface area contributed by atoms with Crippen molar-refractivity contribution >= 4 is 5.82 Å². The number of ether oxygens (including phenoxy) is 1. The molecule has 7 nitrogen and oxygen atoms in total. The van der Waals surface area contributed by atoms with Crippen molar-refractivity contribution in [1.82, 2.24) is 20.1 Å². The monoisotopic (exact) mass is 261 g/mol. The lowest BCUT2D eigenvalue weighted by Crippen LogP contribution is -2.19. The molecule has 100 valence electrons. The van der Waals surface area contributed by atoms with Crippen LogP contribution in [0.4, 0.5) is 5.82 Å². The molecule has 0 aliphatic carbocycles. The molecule has 0 radical (unpaired) electrons. The molecule has 1 aliphatic rings. The zero-order valence-corrected chi connectivity index (χ0v) is 10.7. The molecule has 0 saturated carbocycles. The van der Waals surface area contributed by atoms with Gasteiger partial charge in [-0.3, -0.25) is 0 Å². The topological polar surface area (TPSA) is 86.0 Å². The summed E-state index contributed by atoms with van der Waals surface area (Å²) in [5.41, 5.74) is 0.709. The molecule has 1 saturated heterocycles. The zero-order valence-electron chi connectivity index (χ0n) is 10.7. The summed E-state index contributed by atoms with van der Waals surface area (Å²) in [6.45, 7) is 3.33. The van der Waals surface area contributed by atoms with E-state index in [4.69, 9.17) is 9.26 Å². The van der Waals surface area contributed by atoms with E-state index in [2.05, 4.69) is 25.4 Å². The second-order valence-electron chi connectivity index (χ2n) is 4.45. The molecular formula is C12H15N5O2.